The van der Waals surface area contributed by atoms with Crippen molar-refractivity contribution in [2.24, 2.45) is 0 Å². The largest absolute Gasteiger partial charge is 0.387 e. The summed E-state index contributed by atoms with van der Waals surface area (Å²) in [7, 11) is 1.72. The number of likely N-dealkylation sites (N-methyl/N-ethyl adjacent to an activating group) is 1. The van der Waals surface area contributed by atoms with Gasteiger partial charge in [-0.25, -0.2) is 0 Å². The van der Waals surface area contributed by atoms with Crippen LogP contribution in [0.4, 0.5) is 0 Å². The molecule has 0 aromatic heterocycles. The van der Waals surface area contributed by atoms with E-state index in [2.05, 4.69) is 32.9 Å². The number of amides is 1. The number of carbonyl (C=O) groups is 1. The summed E-state index contributed by atoms with van der Waals surface area (Å²) in [4.78, 5) is 12.8. The van der Waals surface area contributed by atoms with Gasteiger partial charge in [-0.2, -0.15) is 0 Å². The standard InChI is InChI=1S/C14H21NO2/c1-10-5-6-13(12(3)11(10)2)7-8-15(4)14(17)9-16/h5-6,16H,7-9H2,1-4H3. The Morgan fingerprint density at radius 2 is 1.88 bits per heavy atom. The number of aliphatic hydroxyl groups is 1. The van der Waals surface area contributed by atoms with Crippen molar-refractivity contribution in [1.29, 1.82) is 0 Å². The predicted octanol–water partition coefficient (Wildman–Crippen LogP) is 1.61. The van der Waals surface area contributed by atoms with Crippen molar-refractivity contribution in [3.8, 4) is 0 Å². The summed E-state index contributed by atoms with van der Waals surface area (Å²) in [6.45, 7) is 6.57. The van der Waals surface area contributed by atoms with E-state index in [0.29, 0.717) is 6.54 Å². The van der Waals surface area contributed by atoms with E-state index in [9.17, 15) is 4.79 Å². The van der Waals surface area contributed by atoms with Crippen molar-refractivity contribution in [3.63, 3.8) is 0 Å². The maximum absolute atomic E-state index is 11.2. The summed E-state index contributed by atoms with van der Waals surface area (Å²) in [5, 5.41) is 8.75. The summed E-state index contributed by atoms with van der Waals surface area (Å²) in [5.74, 6) is -0.230. The maximum Gasteiger partial charge on any atom is 0.248 e. The molecule has 0 heterocycles. The molecule has 0 unspecified atom stereocenters. The van der Waals surface area contributed by atoms with E-state index < -0.39 is 6.61 Å². The van der Waals surface area contributed by atoms with E-state index in [1.165, 1.54) is 22.3 Å². The van der Waals surface area contributed by atoms with Crippen LogP contribution >= 0.6 is 0 Å². The first-order valence-electron chi connectivity index (χ1n) is 5.88. The highest BCUT2D eigenvalue weighted by Crippen LogP contribution is 2.17. The lowest BCUT2D eigenvalue weighted by atomic mass is 9.97. The molecule has 1 N–H and O–H groups in total. The lowest BCUT2D eigenvalue weighted by Crippen LogP contribution is -2.31. The molecule has 0 aliphatic rings. The van der Waals surface area contributed by atoms with Gasteiger partial charge in [0.15, 0.2) is 0 Å². The first-order chi connectivity index (χ1) is 7.97. The van der Waals surface area contributed by atoms with Gasteiger partial charge in [-0.1, -0.05) is 12.1 Å². The molecule has 0 saturated carbocycles. The number of hydrogen-bond acceptors (Lipinski definition) is 2. The van der Waals surface area contributed by atoms with E-state index in [1.54, 1.807) is 11.9 Å². The zero-order chi connectivity index (χ0) is 13.0. The summed E-state index contributed by atoms with van der Waals surface area (Å²) in [6, 6.07) is 4.24. The van der Waals surface area contributed by atoms with Crippen LogP contribution in [0.25, 0.3) is 0 Å². The average molecular weight is 235 g/mol. The third-order valence-corrected chi connectivity index (χ3v) is 3.45. The molecule has 17 heavy (non-hydrogen) atoms. The third kappa shape index (κ3) is 3.30. The van der Waals surface area contributed by atoms with Crippen molar-refractivity contribution in [1.82, 2.24) is 4.90 Å². The smallest absolute Gasteiger partial charge is 0.248 e. The molecule has 0 spiro atoms. The predicted molar refractivity (Wildman–Crippen MR) is 69.1 cm³/mol. The molecule has 0 bridgehead atoms. The van der Waals surface area contributed by atoms with Crippen LogP contribution in [0, 0.1) is 20.8 Å². The topological polar surface area (TPSA) is 40.5 Å². The van der Waals surface area contributed by atoms with Gasteiger partial charge in [-0.15, -0.1) is 0 Å². The molecule has 3 heteroatoms. The maximum atomic E-state index is 11.2. The molecule has 1 amide bonds. The van der Waals surface area contributed by atoms with Crippen molar-refractivity contribution in [2.75, 3.05) is 20.2 Å². The van der Waals surface area contributed by atoms with E-state index in [4.69, 9.17) is 5.11 Å². The first kappa shape index (κ1) is 13.7. The molecule has 1 aromatic rings. The molecule has 3 nitrogen and oxygen atoms in total. The van der Waals surface area contributed by atoms with Gasteiger partial charge in [-0.3, -0.25) is 4.79 Å². The van der Waals surface area contributed by atoms with Crippen molar-refractivity contribution >= 4 is 5.91 Å². The molecule has 0 radical (unpaired) electrons. The van der Waals surface area contributed by atoms with Gasteiger partial charge in [0.2, 0.25) is 5.91 Å². The first-order valence-corrected chi connectivity index (χ1v) is 5.88. The van der Waals surface area contributed by atoms with Crippen LogP contribution in [0.3, 0.4) is 0 Å². The van der Waals surface area contributed by atoms with Crippen LogP contribution in [0.2, 0.25) is 0 Å². The molecule has 94 valence electrons. The summed E-state index contributed by atoms with van der Waals surface area (Å²) < 4.78 is 0. The van der Waals surface area contributed by atoms with Crippen LogP contribution < -0.4 is 0 Å². The summed E-state index contributed by atoms with van der Waals surface area (Å²) >= 11 is 0. The van der Waals surface area contributed by atoms with Crippen LogP contribution in [0.1, 0.15) is 22.3 Å². The Morgan fingerprint density at radius 3 is 2.47 bits per heavy atom. The quantitative estimate of drug-likeness (QED) is 0.861. The molecule has 0 atom stereocenters. The van der Waals surface area contributed by atoms with Gasteiger partial charge in [0, 0.05) is 13.6 Å². The minimum atomic E-state index is -0.414. The Morgan fingerprint density at radius 1 is 1.24 bits per heavy atom. The Hall–Kier alpha value is -1.35. The Balaban J connectivity index is 2.70. The van der Waals surface area contributed by atoms with Gasteiger partial charge in [0.25, 0.3) is 0 Å². The Kier molecular flexibility index (Phi) is 4.70. The number of nitrogens with zero attached hydrogens (tertiary/aromatic N) is 1. The Bertz CT molecular complexity index is 413. The van der Waals surface area contributed by atoms with Crippen LogP contribution in [-0.4, -0.2) is 36.1 Å². The molecule has 0 aliphatic heterocycles. The summed E-state index contributed by atoms with van der Waals surface area (Å²) in [6.07, 6.45) is 0.829. The molecule has 1 aromatic carbocycles. The molecule has 1 rings (SSSR count). The monoisotopic (exact) mass is 235 g/mol. The number of hydrogen-bond donors (Lipinski definition) is 1. The highest BCUT2D eigenvalue weighted by molar-refractivity contribution is 5.76. The minimum absolute atomic E-state index is 0.230. The average Bonchev–Trinajstić information content (AvgIpc) is 2.33. The Labute approximate surface area is 103 Å². The lowest BCUT2D eigenvalue weighted by Gasteiger charge is -2.17. The zero-order valence-electron chi connectivity index (χ0n) is 11.1. The van der Waals surface area contributed by atoms with E-state index in [1.807, 2.05) is 0 Å². The van der Waals surface area contributed by atoms with Gasteiger partial charge in [0.1, 0.15) is 6.61 Å². The number of aryl methyl sites for hydroxylation is 1. The van der Waals surface area contributed by atoms with E-state index >= 15 is 0 Å². The molecule has 0 aliphatic carbocycles. The van der Waals surface area contributed by atoms with E-state index in [0.717, 1.165) is 6.42 Å². The highest BCUT2D eigenvalue weighted by atomic mass is 16.3. The van der Waals surface area contributed by atoms with Gasteiger partial charge >= 0.3 is 0 Å². The molecular weight excluding hydrogens is 214 g/mol. The summed E-state index contributed by atoms with van der Waals surface area (Å²) in [5.41, 5.74) is 5.19. The van der Waals surface area contributed by atoms with Gasteiger partial charge in [-0.05, 0) is 49.4 Å². The number of benzene rings is 1. The zero-order valence-corrected chi connectivity index (χ0v) is 11.1. The third-order valence-electron chi connectivity index (χ3n) is 3.45. The molecular formula is C14H21NO2. The van der Waals surface area contributed by atoms with Gasteiger partial charge in [0.05, 0.1) is 0 Å². The second-order valence-electron chi connectivity index (χ2n) is 4.51. The molecule has 0 saturated heterocycles. The highest BCUT2D eigenvalue weighted by Gasteiger charge is 2.08. The fourth-order valence-corrected chi connectivity index (χ4v) is 1.82. The van der Waals surface area contributed by atoms with Crippen LogP contribution in [0.5, 0.6) is 0 Å². The second-order valence-corrected chi connectivity index (χ2v) is 4.51. The van der Waals surface area contributed by atoms with Crippen LogP contribution in [-0.2, 0) is 11.2 Å². The number of carbonyl (C=O) groups excluding carboxylic acids is 1. The normalized spacial score (nSPS) is 10.4. The minimum Gasteiger partial charge on any atom is -0.387 e. The fourth-order valence-electron chi connectivity index (χ4n) is 1.82. The fraction of sp³-hybridized carbons (Fsp3) is 0.500. The van der Waals surface area contributed by atoms with Gasteiger partial charge < -0.3 is 10.0 Å². The number of rotatable bonds is 4. The number of aliphatic hydroxyl groups excluding tert-OH is 1. The lowest BCUT2D eigenvalue weighted by molar-refractivity contribution is -0.132. The SMILES string of the molecule is Cc1ccc(CCN(C)C(=O)CO)c(C)c1C. The van der Waals surface area contributed by atoms with Crippen molar-refractivity contribution in [2.45, 2.75) is 27.2 Å². The van der Waals surface area contributed by atoms with Crippen LogP contribution in [0.15, 0.2) is 12.1 Å². The second kappa shape index (κ2) is 5.82. The molecule has 0 fully saturated rings. The van der Waals surface area contributed by atoms with Crippen molar-refractivity contribution in [3.05, 3.63) is 34.4 Å². The van der Waals surface area contributed by atoms with E-state index in [-0.39, 0.29) is 5.91 Å². The van der Waals surface area contributed by atoms with Crippen molar-refractivity contribution < 1.29 is 9.90 Å².